The van der Waals surface area contributed by atoms with Gasteiger partial charge in [0.05, 0.1) is 6.54 Å². The van der Waals surface area contributed by atoms with Crippen LogP contribution in [0.15, 0.2) is 0 Å². The first-order valence-corrected chi connectivity index (χ1v) is 7.05. The molecule has 1 aromatic rings. The molecule has 9 heteroatoms. The molecule has 8 nitrogen and oxygen atoms in total. The van der Waals surface area contributed by atoms with Crippen molar-refractivity contribution in [2.24, 2.45) is 0 Å². The second-order valence-electron chi connectivity index (χ2n) is 4.64. The Morgan fingerprint density at radius 1 is 1.50 bits per heavy atom. The van der Waals surface area contributed by atoms with Gasteiger partial charge < -0.3 is 9.64 Å². The molecule has 0 radical (unpaired) electrons. The van der Waals surface area contributed by atoms with E-state index in [0.717, 1.165) is 18.0 Å². The standard InChI is InChI=1S/C11H17N5O3S/c1-15(2)4-3-9-13-14-10(20-9)12-8(17)7-16-5-6-19-11(16)18/h3-7H2,1-2H3,(H,12,14,17). The van der Waals surface area contributed by atoms with Gasteiger partial charge in [0.2, 0.25) is 11.0 Å². The van der Waals surface area contributed by atoms with E-state index in [-0.39, 0.29) is 12.5 Å². The van der Waals surface area contributed by atoms with E-state index >= 15 is 0 Å². The van der Waals surface area contributed by atoms with E-state index in [9.17, 15) is 9.59 Å². The number of rotatable bonds is 6. The molecule has 1 fully saturated rings. The molecular formula is C11H17N5O3S. The summed E-state index contributed by atoms with van der Waals surface area (Å²) in [7, 11) is 3.97. The van der Waals surface area contributed by atoms with Crippen molar-refractivity contribution in [1.82, 2.24) is 20.0 Å². The van der Waals surface area contributed by atoms with Crippen molar-refractivity contribution in [3.63, 3.8) is 0 Å². The largest absolute Gasteiger partial charge is 0.448 e. The van der Waals surface area contributed by atoms with Crippen molar-refractivity contribution in [2.45, 2.75) is 6.42 Å². The van der Waals surface area contributed by atoms with Crippen LogP contribution >= 0.6 is 11.3 Å². The summed E-state index contributed by atoms with van der Waals surface area (Å²) < 4.78 is 4.75. The van der Waals surface area contributed by atoms with E-state index in [2.05, 4.69) is 20.4 Å². The third-order valence-electron chi connectivity index (χ3n) is 2.67. The highest BCUT2D eigenvalue weighted by atomic mass is 32.1. The topological polar surface area (TPSA) is 87.7 Å². The van der Waals surface area contributed by atoms with Crippen molar-refractivity contribution in [3.05, 3.63) is 5.01 Å². The summed E-state index contributed by atoms with van der Waals surface area (Å²) >= 11 is 1.35. The fourth-order valence-corrected chi connectivity index (χ4v) is 2.37. The molecule has 1 aliphatic heterocycles. The molecule has 1 aliphatic rings. The summed E-state index contributed by atoms with van der Waals surface area (Å²) in [5.41, 5.74) is 0. The third-order valence-corrected chi connectivity index (χ3v) is 3.56. The van der Waals surface area contributed by atoms with Crippen molar-refractivity contribution in [1.29, 1.82) is 0 Å². The Morgan fingerprint density at radius 3 is 2.95 bits per heavy atom. The number of hydrogen-bond donors (Lipinski definition) is 1. The summed E-state index contributed by atoms with van der Waals surface area (Å²) in [6.45, 7) is 1.63. The molecule has 0 aromatic carbocycles. The molecule has 2 heterocycles. The number of carbonyl (C=O) groups excluding carboxylic acids is 2. The number of likely N-dealkylation sites (N-methyl/N-ethyl adjacent to an activating group) is 1. The molecule has 1 aromatic heterocycles. The fourth-order valence-electron chi connectivity index (χ4n) is 1.63. The number of amides is 2. The number of hydrogen-bond acceptors (Lipinski definition) is 7. The molecule has 0 atom stereocenters. The molecule has 0 unspecified atom stereocenters. The lowest BCUT2D eigenvalue weighted by Crippen LogP contribution is -2.33. The van der Waals surface area contributed by atoms with Gasteiger partial charge in [0.1, 0.15) is 18.2 Å². The average Bonchev–Trinajstić information content (AvgIpc) is 2.97. The summed E-state index contributed by atoms with van der Waals surface area (Å²) in [6.07, 6.45) is 0.336. The number of anilines is 1. The van der Waals surface area contributed by atoms with E-state index in [1.807, 2.05) is 14.1 Å². The number of cyclic esters (lactones) is 1. The van der Waals surface area contributed by atoms with Gasteiger partial charge in [-0.1, -0.05) is 11.3 Å². The Kier molecular flexibility index (Phi) is 4.85. The Hall–Kier alpha value is -1.74. The predicted molar refractivity (Wildman–Crippen MR) is 73.7 cm³/mol. The van der Waals surface area contributed by atoms with Crippen LogP contribution in [0.3, 0.4) is 0 Å². The van der Waals surface area contributed by atoms with Crippen LogP contribution in [-0.4, -0.2) is 72.3 Å². The van der Waals surface area contributed by atoms with E-state index in [0.29, 0.717) is 18.3 Å². The number of carbonyl (C=O) groups is 2. The maximum absolute atomic E-state index is 11.8. The zero-order valence-corrected chi connectivity index (χ0v) is 12.3. The zero-order chi connectivity index (χ0) is 14.5. The smallest absolute Gasteiger partial charge is 0.410 e. The van der Waals surface area contributed by atoms with Gasteiger partial charge in [-0.05, 0) is 14.1 Å². The van der Waals surface area contributed by atoms with Gasteiger partial charge in [0, 0.05) is 13.0 Å². The highest BCUT2D eigenvalue weighted by molar-refractivity contribution is 7.15. The highest BCUT2D eigenvalue weighted by Crippen LogP contribution is 2.16. The molecule has 2 amide bonds. The molecule has 1 N–H and O–H groups in total. The molecule has 1 saturated heterocycles. The third kappa shape index (κ3) is 4.14. The monoisotopic (exact) mass is 299 g/mol. The summed E-state index contributed by atoms with van der Waals surface area (Å²) in [5.74, 6) is -0.292. The average molecular weight is 299 g/mol. The van der Waals surface area contributed by atoms with Crippen LogP contribution in [0.5, 0.6) is 0 Å². The van der Waals surface area contributed by atoms with Crippen LogP contribution in [-0.2, 0) is 16.0 Å². The molecule has 110 valence electrons. The van der Waals surface area contributed by atoms with Crippen LogP contribution in [0.4, 0.5) is 9.93 Å². The summed E-state index contributed by atoms with van der Waals surface area (Å²) in [4.78, 5) is 26.4. The molecule has 20 heavy (non-hydrogen) atoms. The minimum absolute atomic E-state index is 0.0224. The van der Waals surface area contributed by atoms with Gasteiger partial charge in [-0.2, -0.15) is 0 Å². The molecule has 0 aliphatic carbocycles. The second kappa shape index (κ2) is 6.62. The van der Waals surface area contributed by atoms with Crippen LogP contribution in [0.2, 0.25) is 0 Å². The van der Waals surface area contributed by atoms with Gasteiger partial charge >= 0.3 is 6.09 Å². The SMILES string of the molecule is CN(C)CCc1nnc(NC(=O)CN2CCOC2=O)s1. The van der Waals surface area contributed by atoms with Crippen LogP contribution in [0.25, 0.3) is 0 Å². The maximum Gasteiger partial charge on any atom is 0.410 e. The lowest BCUT2D eigenvalue weighted by molar-refractivity contribution is -0.116. The lowest BCUT2D eigenvalue weighted by atomic mass is 10.4. The first-order chi connectivity index (χ1) is 9.54. The summed E-state index contributed by atoms with van der Waals surface area (Å²) in [6, 6.07) is 0. The van der Waals surface area contributed by atoms with Crippen molar-refractivity contribution in [3.8, 4) is 0 Å². The van der Waals surface area contributed by atoms with E-state index in [1.54, 1.807) is 0 Å². The fraction of sp³-hybridized carbons (Fsp3) is 0.636. The van der Waals surface area contributed by atoms with Crippen molar-refractivity contribution >= 4 is 28.5 Å². The van der Waals surface area contributed by atoms with Gasteiger partial charge in [0.15, 0.2) is 0 Å². The first kappa shape index (κ1) is 14.7. The minimum Gasteiger partial charge on any atom is -0.448 e. The number of aromatic nitrogens is 2. The normalized spacial score (nSPS) is 14.8. The highest BCUT2D eigenvalue weighted by Gasteiger charge is 2.24. The van der Waals surface area contributed by atoms with Crippen molar-refractivity contribution < 1.29 is 14.3 Å². The maximum atomic E-state index is 11.8. The molecule has 2 rings (SSSR count). The number of ether oxygens (including phenoxy) is 1. The molecule has 0 saturated carbocycles. The van der Waals surface area contributed by atoms with E-state index in [1.165, 1.54) is 16.2 Å². The predicted octanol–water partition coefficient (Wildman–Crippen LogP) is 0.0329. The van der Waals surface area contributed by atoms with Gasteiger partial charge in [-0.15, -0.1) is 10.2 Å². The van der Waals surface area contributed by atoms with Gasteiger partial charge in [0.25, 0.3) is 0 Å². The molecule has 0 bridgehead atoms. The number of nitrogens with zero attached hydrogens (tertiary/aromatic N) is 4. The summed E-state index contributed by atoms with van der Waals surface area (Å²) in [5, 5.41) is 11.9. The van der Waals surface area contributed by atoms with Crippen LogP contribution in [0, 0.1) is 0 Å². The Bertz CT molecular complexity index is 490. The lowest BCUT2D eigenvalue weighted by Gasteiger charge is -2.10. The Morgan fingerprint density at radius 2 is 2.30 bits per heavy atom. The molecular weight excluding hydrogens is 282 g/mol. The Balaban J connectivity index is 1.80. The Labute approximate surface area is 120 Å². The molecule has 0 spiro atoms. The quantitative estimate of drug-likeness (QED) is 0.797. The first-order valence-electron chi connectivity index (χ1n) is 6.23. The van der Waals surface area contributed by atoms with Gasteiger partial charge in [-0.25, -0.2) is 4.79 Å². The minimum atomic E-state index is -0.455. The zero-order valence-electron chi connectivity index (χ0n) is 11.5. The van der Waals surface area contributed by atoms with Gasteiger partial charge in [-0.3, -0.25) is 15.0 Å². The van der Waals surface area contributed by atoms with Crippen LogP contribution in [0.1, 0.15) is 5.01 Å². The van der Waals surface area contributed by atoms with E-state index in [4.69, 9.17) is 4.74 Å². The van der Waals surface area contributed by atoms with Crippen LogP contribution < -0.4 is 5.32 Å². The number of nitrogens with one attached hydrogen (secondary N) is 1. The van der Waals surface area contributed by atoms with Crippen molar-refractivity contribution in [2.75, 3.05) is 45.7 Å². The second-order valence-corrected chi connectivity index (χ2v) is 5.70. The van der Waals surface area contributed by atoms with E-state index < -0.39 is 6.09 Å².